The number of anilines is 4. The third-order valence-electron chi connectivity index (χ3n) is 6.92. The summed E-state index contributed by atoms with van der Waals surface area (Å²) in [5, 5.41) is 17.0. The predicted molar refractivity (Wildman–Crippen MR) is 197 cm³/mol. The molecule has 4 aromatic carbocycles. The molecular formula is C36H40N6O4S2. The fraction of sp³-hybridized carbons (Fsp3) is 0.222. The molecule has 0 atom stereocenters. The highest BCUT2D eigenvalue weighted by molar-refractivity contribution is 8.76. The summed E-state index contributed by atoms with van der Waals surface area (Å²) in [6.07, 6.45) is 3.82. The molecule has 0 aromatic heterocycles. The number of benzene rings is 4. The minimum atomic E-state index is -0.279. The quantitative estimate of drug-likeness (QED) is 0.0546. The molecule has 12 heteroatoms. The van der Waals surface area contributed by atoms with Crippen LogP contribution >= 0.6 is 21.6 Å². The molecule has 48 heavy (non-hydrogen) atoms. The third-order valence-corrected chi connectivity index (χ3v) is 9.40. The second-order valence-corrected chi connectivity index (χ2v) is 12.9. The monoisotopic (exact) mass is 684 g/mol. The zero-order valence-electron chi connectivity index (χ0n) is 26.9. The summed E-state index contributed by atoms with van der Waals surface area (Å²) in [5.74, 6) is -0.557. The van der Waals surface area contributed by atoms with E-state index in [0.29, 0.717) is 47.0 Å². The third kappa shape index (κ3) is 11.4. The van der Waals surface area contributed by atoms with Crippen molar-refractivity contribution in [2.24, 2.45) is 0 Å². The van der Waals surface area contributed by atoms with Crippen molar-refractivity contribution in [3.05, 3.63) is 108 Å². The normalized spacial score (nSPS) is 10.5. The maximum absolute atomic E-state index is 13.3. The summed E-state index contributed by atoms with van der Waals surface area (Å²) < 4.78 is 0. The van der Waals surface area contributed by atoms with Gasteiger partial charge >= 0.3 is 12.1 Å². The van der Waals surface area contributed by atoms with Crippen LogP contribution in [0.15, 0.2) is 107 Å². The van der Waals surface area contributed by atoms with E-state index in [4.69, 9.17) is 0 Å². The van der Waals surface area contributed by atoms with Crippen molar-refractivity contribution >= 4 is 68.2 Å². The molecule has 0 heterocycles. The lowest BCUT2D eigenvalue weighted by molar-refractivity contribution is 0.101. The molecule has 0 aliphatic carbocycles. The molecule has 0 saturated heterocycles. The van der Waals surface area contributed by atoms with Gasteiger partial charge in [0.25, 0.3) is 11.8 Å². The van der Waals surface area contributed by atoms with Gasteiger partial charge in [0.15, 0.2) is 0 Å². The zero-order chi connectivity index (χ0) is 34.1. The maximum atomic E-state index is 13.3. The molecule has 4 rings (SSSR count). The first-order valence-corrected chi connectivity index (χ1v) is 18.0. The number of rotatable bonds is 15. The minimum absolute atomic E-state index is 0.269. The Morgan fingerprint density at radius 2 is 0.812 bits per heavy atom. The highest BCUT2D eigenvalue weighted by atomic mass is 33.1. The molecule has 0 fully saturated rings. The molecule has 6 amide bonds. The van der Waals surface area contributed by atoms with Crippen molar-refractivity contribution in [2.75, 3.05) is 34.4 Å². The summed E-state index contributed by atoms with van der Waals surface area (Å²) >= 11 is 0. The van der Waals surface area contributed by atoms with Gasteiger partial charge in [-0.15, -0.1) is 0 Å². The van der Waals surface area contributed by atoms with Gasteiger partial charge in [-0.1, -0.05) is 72.5 Å². The Morgan fingerprint density at radius 1 is 0.479 bits per heavy atom. The van der Waals surface area contributed by atoms with Gasteiger partial charge in [0.1, 0.15) is 0 Å². The Labute approximate surface area is 289 Å². The second kappa shape index (κ2) is 19.0. The van der Waals surface area contributed by atoms with E-state index in [1.807, 2.05) is 24.3 Å². The Balaban J connectivity index is 1.34. The van der Waals surface area contributed by atoms with Crippen LogP contribution in [0.2, 0.25) is 0 Å². The first-order valence-electron chi connectivity index (χ1n) is 15.8. The van der Waals surface area contributed by atoms with Crippen LogP contribution in [-0.4, -0.2) is 37.0 Å². The minimum Gasteiger partial charge on any atom is -0.338 e. The molecule has 4 aromatic rings. The standard InChI is InChI=1S/C36H40N6O4S2/c1-3-5-23-37-35(45)41-27-19-15-25(16-20-27)39-33(43)29-11-7-9-13-31(29)47-48-32-14-10-8-12-30(32)34(44)40-26-17-21-28(22-18-26)42-36(46)38-24-6-4-2/h7-22H,3-6,23-24H2,1-2H3,(H,39,43)(H,40,44)(H2,37,41,45)(H2,38,42,46). The highest BCUT2D eigenvalue weighted by Gasteiger charge is 2.16. The van der Waals surface area contributed by atoms with Crippen LogP contribution in [0.4, 0.5) is 32.3 Å². The van der Waals surface area contributed by atoms with Crippen LogP contribution in [0.5, 0.6) is 0 Å². The Bertz CT molecular complexity index is 1560. The maximum Gasteiger partial charge on any atom is 0.319 e. The lowest BCUT2D eigenvalue weighted by Gasteiger charge is -2.12. The molecule has 0 aliphatic rings. The number of hydrogen-bond acceptors (Lipinski definition) is 6. The van der Waals surface area contributed by atoms with Gasteiger partial charge < -0.3 is 31.9 Å². The first-order chi connectivity index (χ1) is 23.4. The van der Waals surface area contributed by atoms with Crippen molar-refractivity contribution < 1.29 is 19.2 Å². The molecule has 0 saturated carbocycles. The topological polar surface area (TPSA) is 140 Å². The lowest BCUT2D eigenvalue weighted by Crippen LogP contribution is -2.29. The fourth-order valence-electron chi connectivity index (χ4n) is 4.32. The van der Waals surface area contributed by atoms with Crippen molar-refractivity contribution in [2.45, 2.75) is 49.3 Å². The number of carbonyl (C=O) groups is 4. The molecule has 0 aliphatic heterocycles. The molecule has 0 unspecified atom stereocenters. The number of urea groups is 2. The number of amides is 6. The SMILES string of the molecule is CCCCNC(=O)Nc1ccc(NC(=O)c2ccccc2SSc2ccccc2C(=O)Nc2ccc(NC(=O)NCCCC)cc2)cc1. The van der Waals surface area contributed by atoms with Gasteiger partial charge in [0.2, 0.25) is 0 Å². The van der Waals surface area contributed by atoms with Gasteiger partial charge in [-0.3, -0.25) is 9.59 Å². The van der Waals surface area contributed by atoms with E-state index in [9.17, 15) is 19.2 Å². The van der Waals surface area contributed by atoms with E-state index in [2.05, 4.69) is 45.7 Å². The number of nitrogens with one attached hydrogen (secondary N) is 6. The van der Waals surface area contributed by atoms with E-state index >= 15 is 0 Å². The lowest BCUT2D eigenvalue weighted by atomic mass is 10.2. The highest BCUT2D eigenvalue weighted by Crippen LogP contribution is 2.40. The van der Waals surface area contributed by atoms with Crippen molar-refractivity contribution in [3.63, 3.8) is 0 Å². The number of unbranched alkanes of at least 4 members (excludes halogenated alkanes) is 2. The van der Waals surface area contributed by atoms with Gasteiger partial charge in [-0.2, -0.15) is 0 Å². The second-order valence-electron chi connectivity index (χ2n) is 10.7. The van der Waals surface area contributed by atoms with Gasteiger partial charge in [-0.05, 0) is 85.6 Å². The molecule has 0 spiro atoms. The number of carbonyl (C=O) groups excluding carboxylic acids is 4. The molecule has 6 N–H and O–H groups in total. The van der Waals surface area contributed by atoms with E-state index < -0.39 is 0 Å². The van der Waals surface area contributed by atoms with Crippen LogP contribution in [0, 0.1) is 0 Å². The number of hydrogen-bond donors (Lipinski definition) is 6. The van der Waals surface area contributed by atoms with Gasteiger partial charge in [0, 0.05) is 45.6 Å². The van der Waals surface area contributed by atoms with E-state index in [1.165, 1.54) is 21.6 Å². The van der Waals surface area contributed by atoms with E-state index in [0.717, 1.165) is 35.5 Å². The van der Waals surface area contributed by atoms with Crippen LogP contribution in [-0.2, 0) is 0 Å². The van der Waals surface area contributed by atoms with Crippen LogP contribution in [0.25, 0.3) is 0 Å². The first kappa shape index (κ1) is 35.9. The molecular weight excluding hydrogens is 645 g/mol. The summed E-state index contributed by atoms with van der Waals surface area (Å²) in [5.41, 5.74) is 3.39. The van der Waals surface area contributed by atoms with Crippen LogP contribution in [0.1, 0.15) is 60.2 Å². The average molecular weight is 685 g/mol. The van der Waals surface area contributed by atoms with E-state index in [1.54, 1.807) is 72.8 Å². The molecule has 250 valence electrons. The predicted octanol–water partition coefficient (Wildman–Crippen LogP) is 8.83. The fourth-order valence-corrected chi connectivity index (χ4v) is 6.68. The van der Waals surface area contributed by atoms with Crippen molar-refractivity contribution in [3.8, 4) is 0 Å². The smallest absolute Gasteiger partial charge is 0.319 e. The Kier molecular flexibility index (Phi) is 14.2. The summed E-state index contributed by atoms with van der Waals surface area (Å²) in [7, 11) is 2.77. The molecule has 10 nitrogen and oxygen atoms in total. The van der Waals surface area contributed by atoms with Crippen LogP contribution < -0.4 is 31.9 Å². The van der Waals surface area contributed by atoms with Crippen molar-refractivity contribution in [1.29, 1.82) is 0 Å². The Hall–Kier alpha value is -4.94. The summed E-state index contributed by atoms with van der Waals surface area (Å²) in [4.78, 5) is 52.0. The van der Waals surface area contributed by atoms with Crippen LogP contribution in [0.3, 0.4) is 0 Å². The largest absolute Gasteiger partial charge is 0.338 e. The van der Waals surface area contributed by atoms with Gasteiger partial charge in [-0.25, -0.2) is 9.59 Å². The average Bonchev–Trinajstić information content (AvgIpc) is 3.09. The zero-order valence-corrected chi connectivity index (χ0v) is 28.6. The van der Waals surface area contributed by atoms with Gasteiger partial charge in [0.05, 0.1) is 11.1 Å². The van der Waals surface area contributed by atoms with Crippen molar-refractivity contribution in [1.82, 2.24) is 10.6 Å². The Morgan fingerprint density at radius 3 is 1.17 bits per heavy atom. The van der Waals surface area contributed by atoms with E-state index in [-0.39, 0.29) is 23.9 Å². The molecule has 0 bridgehead atoms. The summed E-state index contributed by atoms with van der Waals surface area (Å²) in [6, 6.07) is 27.8. The molecule has 0 radical (unpaired) electrons. The summed E-state index contributed by atoms with van der Waals surface area (Å²) in [6.45, 7) is 5.34.